The van der Waals surface area contributed by atoms with Gasteiger partial charge in [-0.05, 0) is 12.1 Å². The summed E-state index contributed by atoms with van der Waals surface area (Å²) in [6, 6.07) is 2.40. The number of aromatic carboxylic acids is 1. The molecule has 0 bridgehead atoms. The molecular weight excluding hydrogens is 253 g/mol. The summed E-state index contributed by atoms with van der Waals surface area (Å²) in [5, 5.41) is 8.50. The minimum absolute atomic E-state index is 0.0885. The summed E-state index contributed by atoms with van der Waals surface area (Å²) in [5.41, 5.74) is 4.70. The number of rotatable bonds is 1. The van der Waals surface area contributed by atoms with Crippen LogP contribution in [0.5, 0.6) is 0 Å². The van der Waals surface area contributed by atoms with Crippen LogP contribution in [0.1, 0.15) is 24.2 Å². The third kappa shape index (κ3) is 2.99. The van der Waals surface area contributed by atoms with Gasteiger partial charge in [0.1, 0.15) is 11.4 Å². The Morgan fingerprint density at radius 2 is 2.00 bits per heavy atom. The quantitative estimate of drug-likeness (QED) is 0.766. The van der Waals surface area contributed by atoms with Gasteiger partial charge in [0.25, 0.3) is 0 Å². The van der Waals surface area contributed by atoms with E-state index in [1.807, 2.05) is 13.8 Å². The van der Waals surface area contributed by atoms with Gasteiger partial charge in [-0.1, -0.05) is 29.8 Å². The van der Waals surface area contributed by atoms with Crippen molar-refractivity contribution >= 4 is 27.6 Å². The number of nitrogen functional groups attached to an aromatic ring is 1. The predicted molar refractivity (Wildman–Crippen MR) is 56.8 cm³/mol. The molecule has 0 atom stereocenters. The molecule has 0 amide bonds. The highest BCUT2D eigenvalue weighted by Crippen LogP contribution is 2.22. The fourth-order valence-corrected chi connectivity index (χ4v) is 1.27. The summed E-state index contributed by atoms with van der Waals surface area (Å²) in [6.07, 6.45) is 0. The summed E-state index contributed by atoms with van der Waals surface area (Å²) >= 11 is 2.98. The molecular formula is C9H11BrFNO2. The molecule has 1 aromatic carbocycles. The Hall–Kier alpha value is -1.10. The molecule has 14 heavy (non-hydrogen) atoms. The van der Waals surface area contributed by atoms with Crippen LogP contribution >= 0.6 is 15.9 Å². The van der Waals surface area contributed by atoms with Gasteiger partial charge >= 0.3 is 5.97 Å². The summed E-state index contributed by atoms with van der Waals surface area (Å²) < 4.78 is 13.3. The van der Waals surface area contributed by atoms with Crippen LogP contribution in [0.4, 0.5) is 10.1 Å². The second kappa shape index (κ2) is 5.59. The first kappa shape index (κ1) is 12.9. The minimum atomic E-state index is -1.36. The molecule has 0 aliphatic heterocycles. The number of benzene rings is 1. The lowest BCUT2D eigenvalue weighted by Gasteiger charge is -2.01. The molecule has 0 radical (unpaired) electrons. The average Bonchev–Trinajstić information content (AvgIpc) is 2.04. The second-order valence-electron chi connectivity index (χ2n) is 2.16. The van der Waals surface area contributed by atoms with Crippen molar-refractivity contribution in [2.24, 2.45) is 0 Å². The Balaban J connectivity index is 0.000000791. The minimum Gasteiger partial charge on any atom is -0.478 e. The number of carboxylic acids is 1. The van der Waals surface area contributed by atoms with Gasteiger partial charge in [0.2, 0.25) is 0 Å². The van der Waals surface area contributed by atoms with Gasteiger partial charge in [-0.15, -0.1) is 0 Å². The molecule has 3 nitrogen and oxygen atoms in total. The molecule has 0 aliphatic carbocycles. The molecule has 0 fully saturated rings. The Morgan fingerprint density at radius 3 is 2.36 bits per heavy atom. The molecule has 1 aromatic rings. The zero-order valence-electron chi connectivity index (χ0n) is 7.84. The first-order valence-corrected chi connectivity index (χ1v) is 4.79. The van der Waals surface area contributed by atoms with E-state index in [0.717, 1.165) is 6.07 Å². The maximum atomic E-state index is 12.9. The van der Waals surface area contributed by atoms with E-state index in [0.29, 0.717) is 4.47 Å². The lowest BCUT2D eigenvalue weighted by molar-refractivity contribution is 0.0693. The Labute approximate surface area is 89.9 Å². The fraction of sp³-hybridized carbons (Fsp3) is 0.222. The maximum Gasteiger partial charge on any atom is 0.340 e. The van der Waals surface area contributed by atoms with Gasteiger partial charge in [-0.2, -0.15) is 0 Å². The molecule has 0 saturated carbocycles. The van der Waals surface area contributed by atoms with Crippen molar-refractivity contribution < 1.29 is 14.3 Å². The van der Waals surface area contributed by atoms with E-state index >= 15 is 0 Å². The van der Waals surface area contributed by atoms with Crippen molar-refractivity contribution in [1.29, 1.82) is 0 Å². The first-order valence-electron chi connectivity index (χ1n) is 4.00. The fourth-order valence-electron chi connectivity index (χ4n) is 0.819. The molecule has 78 valence electrons. The van der Waals surface area contributed by atoms with Crippen molar-refractivity contribution in [1.82, 2.24) is 0 Å². The van der Waals surface area contributed by atoms with Crippen LogP contribution in [0, 0.1) is 5.82 Å². The largest absolute Gasteiger partial charge is 0.478 e. The molecule has 1 rings (SSSR count). The van der Waals surface area contributed by atoms with E-state index in [1.54, 1.807) is 0 Å². The summed E-state index contributed by atoms with van der Waals surface area (Å²) in [6.45, 7) is 4.00. The van der Waals surface area contributed by atoms with Crippen LogP contribution in [-0.2, 0) is 0 Å². The van der Waals surface area contributed by atoms with Crippen LogP contribution in [0.25, 0.3) is 0 Å². The van der Waals surface area contributed by atoms with Gasteiger partial charge in [0.05, 0.1) is 5.69 Å². The Kier molecular flexibility index (Phi) is 5.15. The number of carbonyl (C=O) groups is 1. The molecule has 0 heterocycles. The van der Waals surface area contributed by atoms with Crippen molar-refractivity contribution in [2.75, 3.05) is 5.73 Å². The highest BCUT2D eigenvalue weighted by molar-refractivity contribution is 9.10. The number of halogens is 2. The van der Waals surface area contributed by atoms with Gasteiger partial charge in [0.15, 0.2) is 0 Å². The monoisotopic (exact) mass is 263 g/mol. The van der Waals surface area contributed by atoms with Crippen LogP contribution in [0.15, 0.2) is 16.6 Å². The number of anilines is 1. The van der Waals surface area contributed by atoms with E-state index in [2.05, 4.69) is 15.9 Å². The summed E-state index contributed by atoms with van der Waals surface area (Å²) in [7, 11) is 0. The highest BCUT2D eigenvalue weighted by Gasteiger charge is 2.14. The van der Waals surface area contributed by atoms with Crippen LogP contribution < -0.4 is 5.73 Å². The second-order valence-corrected chi connectivity index (χ2v) is 3.07. The van der Waals surface area contributed by atoms with Gasteiger partial charge in [-0.25, -0.2) is 9.18 Å². The van der Waals surface area contributed by atoms with Crippen LogP contribution in [-0.4, -0.2) is 11.1 Å². The van der Waals surface area contributed by atoms with Gasteiger partial charge in [0, 0.05) is 4.47 Å². The van der Waals surface area contributed by atoms with E-state index in [9.17, 15) is 9.18 Å². The molecule has 0 unspecified atom stereocenters. The van der Waals surface area contributed by atoms with E-state index in [-0.39, 0.29) is 5.69 Å². The number of hydrogen-bond acceptors (Lipinski definition) is 2. The van der Waals surface area contributed by atoms with Crippen molar-refractivity contribution in [3.63, 3.8) is 0 Å². The third-order valence-electron chi connectivity index (χ3n) is 1.30. The smallest absolute Gasteiger partial charge is 0.340 e. The van der Waals surface area contributed by atoms with E-state index in [1.165, 1.54) is 6.07 Å². The normalized spacial score (nSPS) is 8.86. The molecule has 0 aromatic heterocycles. The van der Waals surface area contributed by atoms with Crippen molar-refractivity contribution in [2.45, 2.75) is 13.8 Å². The standard InChI is InChI=1S/C7H5BrFNO2.C2H6/c8-3-1-4(9)6(7(11)12)5(10)2-3;1-2/h1-2H,10H2,(H,11,12);1-2H3. The van der Waals surface area contributed by atoms with Crippen molar-refractivity contribution in [3.8, 4) is 0 Å². The number of nitrogens with two attached hydrogens (primary N) is 1. The van der Waals surface area contributed by atoms with Crippen molar-refractivity contribution in [3.05, 3.63) is 28.0 Å². The number of carboxylic acid groups (broad SMARTS) is 1. The highest BCUT2D eigenvalue weighted by atomic mass is 79.9. The lowest BCUT2D eigenvalue weighted by Crippen LogP contribution is -2.05. The molecule has 0 aliphatic rings. The lowest BCUT2D eigenvalue weighted by atomic mass is 10.2. The SMILES string of the molecule is CC.Nc1cc(Br)cc(F)c1C(=O)O. The van der Waals surface area contributed by atoms with Gasteiger partial charge in [-0.3, -0.25) is 0 Å². The average molecular weight is 264 g/mol. The van der Waals surface area contributed by atoms with Crippen LogP contribution in [0.3, 0.4) is 0 Å². The zero-order valence-corrected chi connectivity index (χ0v) is 9.43. The third-order valence-corrected chi connectivity index (χ3v) is 1.76. The first-order chi connectivity index (χ1) is 6.52. The molecule has 5 heteroatoms. The maximum absolute atomic E-state index is 12.9. The predicted octanol–water partition coefficient (Wildman–Crippen LogP) is 2.89. The van der Waals surface area contributed by atoms with Gasteiger partial charge < -0.3 is 10.8 Å². The zero-order chi connectivity index (χ0) is 11.3. The Morgan fingerprint density at radius 1 is 1.50 bits per heavy atom. The topological polar surface area (TPSA) is 63.3 Å². The van der Waals surface area contributed by atoms with E-state index in [4.69, 9.17) is 10.8 Å². The summed E-state index contributed by atoms with van der Waals surface area (Å²) in [5.74, 6) is -2.20. The molecule has 0 saturated heterocycles. The Bertz CT molecular complexity index is 319. The molecule has 0 spiro atoms. The summed E-state index contributed by atoms with van der Waals surface area (Å²) in [4.78, 5) is 10.4. The van der Waals surface area contributed by atoms with E-state index < -0.39 is 17.3 Å². The number of hydrogen-bond donors (Lipinski definition) is 2. The van der Waals surface area contributed by atoms with Crippen LogP contribution in [0.2, 0.25) is 0 Å². The molecule has 3 N–H and O–H groups in total.